The molecule has 8 heteroatoms. The predicted molar refractivity (Wildman–Crippen MR) is 82.5 cm³/mol. The van der Waals surface area contributed by atoms with Gasteiger partial charge in [0.05, 0.1) is 18.0 Å². The zero-order valence-electron chi connectivity index (χ0n) is 12.6. The molecule has 1 aromatic rings. The largest absolute Gasteiger partial charge is 0.322 e. The van der Waals surface area contributed by atoms with Crippen LogP contribution >= 0.6 is 0 Å². The molecule has 0 spiro atoms. The van der Waals surface area contributed by atoms with Crippen LogP contribution in [0.25, 0.3) is 0 Å². The fourth-order valence-corrected chi connectivity index (χ4v) is 3.10. The fourth-order valence-electron chi connectivity index (χ4n) is 2.34. The molecule has 0 saturated carbocycles. The van der Waals surface area contributed by atoms with Crippen molar-refractivity contribution < 1.29 is 17.6 Å². The molecule has 1 amide bonds. The third kappa shape index (κ3) is 3.63. The number of anilines is 1. The summed E-state index contributed by atoms with van der Waals surface area (Å²) < 4.78 is 38.6. The average molecular weight is 329 g/mol. The third-order valence-electron chi connectivity index (χ3n) is 3.69. The Bertz CT molecular complexity index is 676. The highest BCUT2D eigenvalue weighted by molar-refractivity contribution is 7.89. The number of nitrogens with zero attached hydrogens (tertiary/aromatic N) is 1. The van der Waals surface area contributed by atoms with Gasteiger partial charge < -0.3 is 10.6 Å². The van der Waals surface area contributed by atoms with E-state index in [1.807, 2.05) is 0 Å². The zero-order chi connectivity index (χ0) is 16.3. The Hall–Kier alpha value is -1.51. The molecule has 22 heavy (non-hydrogen) atoms. The van der Waals surface area contributed by atoms with E-state index in [0.29, 0.717) is 25.1 Å². The molecule has 6 nitrogen and oxygen atoms in total. The molecule has 1 aliphatic rings. The van der Waals surface area contributed by atoms with Gasteiger partial charge in [0.25, 0.3) is 0 Å². The molecule has 0 fully saturated rings. The molecule has 1 heterocycles. The Labute approximate surface area is 129 Å². The summed E-state index contributed by atoms with van der Waals surface area (Å²) in [4.78, 5) is 11.9. The number of rotatable bonds is 5. The number of sulfonamides is 1. The van der Waals surface area contributed by atoms with Crippen molar-refractivity contribution in [3.8, 4) is 0 Å². The first kappa shape index (κ1) is 16.9. The van der Waals surface area contributed by atoms with E-state index < -0.39 is 21.7 Å². The van der Waals surface area contributed by atoms with Gasteiger partial charge in [0.1, 0.15) is 5.82 Å². The number of hydrogen-bond acceptors (Lipinski definition) is 4. The standard InChI is InChI=1S/C14H20FN3O3S/c1-3-22(20,21)18(2)9-13(19)17-12-5-4-10-8-16-7-6-11(10)14(12)15/h4-5,16H,3,6-9H2,1-2H3,(H,17,19). The quantitative estimate of drug-likeness (QED) is 0.833. The molecule has 0 radical (unpaired) electrons. The number of benzene rings is 1. The lowest BCUT2D eigenvalue weighted by Crippen LogP contribution is -2.36. The lowest BCUT2D eigenvalue weighted by Gasteiger charge is -2.20. The van der Waals surface area contributed by atoms with Crippen molar-refractivity contribution in [3.05, 3.63) is 29.1 Å². The van der Waals surface area contributed by atoms with Gasteiger partial charge in [-0.2, -0.15) is 4.31 Å². The van der Waals surface area contributed by atoms with Crippen LogP contribution in [0, 0.1) is 5.82 Å². The SMILES string of the molecule is CCS(=O)(=O)N(C)CC(=O)Nc1ccc2c(c1F)CCNC2. The monoisotopic (exact) mass is 329 g/mol. The van der Waals surface area contributed by atoms with Crippen molar-refractivity contribution in [1.82, 2.24) is 9.62 Å². The van der Waals surface area contributed by atoms with Crippen molar-refractivity contribution in [2.45, 2.75) is 19.9 Å². The van der Waals surface area contributed by atoms with Crippen LogP contribution in [0.4, 0.5) is 10.1 Å². The van der Waals surface area contributed by atoms with Crippen LogP contribution in [0.3, 0.4) is 0 Å². The number of carbonyl (C=O) groups is 1. The lowest BCUT2D eigenvalue weighted by atomic mass is 9.99. The number of nitrogens with one attached hydrogen (secondary N) is 2. The molecule has 1 aromatic carbocycles. The number of amides is 1. The maximum atomic E-state index is 14.4. The van der Waals surface area contributed by atoms with Gasteiger partial charge in [0.2, 0.25) is 15.9 Å². The molecule has 122 valence electrons. The fraction of sp³-hybridized carbons (Fsp3) is 0.500. The second-order valence-corrected chi connectivity index (χ2v) is 7.56. The van der Waals surface area contributed by atoms with Crippen LogP contribution in [0.5, 0.6) is 0 Å². The summed E-state index contributed by atoms with van der Waals surface area (Å²) in [6.07, 6.45) is 0.564. The first-order chi connectivity index (χ1) is 10.3. The molecule has 0 saturated heterocycles. The molecule has 0 atom stereocenters. The minimum atomic E-state index is -3.44. The van der Waals surface area contributed by atoms with Gasteiger partial charge in [0.15, 0.2) is 0 Å². The Morgan fingerprint density at radius 3 is 2.86 bits per heavy atom. The third-order valence-corrected chi connectivity index (χ3v) is 5.50. The van der Waals surface area contributed by atoms with Gasteiger partial charge in [-0.05, 0) is 37.1 Å². The molecule has 2 N–H and O–H groups in total. The van der Waals surface area contributed by atoms with Crippen molar-refractivity contribution in [2.24, 2.45) is 0 Å². The molecule has 0 aromatic heterocycles. The van der Waals surface area contributed by atoms with E-state index in [4.69, 9.17) is 0 Å². The van der Waals surface area contributed by atoms with Gasteiger partial charge in [-0.25, -0.2) is 12.8 Å². The Morgan fingerprint density at radius 2 is 2.18 bits per heavy atom. The second kappa shape index (κ2) is 6.72. The number of carbonyl (C=O) groups excluding carboxylic acids is 1. The summed E-state index contributed by atoms with van der Waals surface area (Å²) in [7, 11) is -2.11. The minimum absolute atomic E-state index is 0.0863. The van der Waals surface area contributed by atoms with Crippen molar-refractivity contribution in [1.29, 1.82) is 0 Å². The van der Waals surface area contributed by atoms with E-state index in [2.05, 4.69) is 10.6 Å². The highest BCUT2D eigenvalue weighted by Gasteiger charge is 2.21. The Kier molecular flexibility index (Phi) is 5.15. The summed E-state index contributed by atoms with van der Waals surface area (Å²) in [5.74, 6) is -1.09. The summed E-state index contributed by atoms with van der Waals surface area (Å²) in [5, 5.41) is 5.60. The molecule has 0 aliphatic carbocycles. The molecule has 1 aliphatic heterocycles. The number of hydrogen-bond donors (Lipinski definition) is 2. The number of halogens is 1. The van der Waals surface area contributed by atoms with Crippen molar-refractivity contribution >= 4 is 21.6 Å². The Morgan fingerprint density at radius 1 is 1.45 bits per heavy atom. The van der Waals surface area contributed by atoms with E-state index in [-0.39, 0.29) is 18.0 Å². The van der Waals surface area contributed by atoms with Crippen LogP contribution in [0.2, 0.25) is 0 Å². The lowest BCUT2D eigenvalue weighted by molar-refractivity contribution is -0.116. The summed E-state index contributed by atoms with van der Waals surface area (Å²) in [6, 6.07) is 3.28. The Balaban J connectivity index is 2.09. The highest BCUT2D eigenvalue weighted by atomic mass is 32.2. The second-order valence-electron chi connectivity index (χ2n) is 5.20. The van der Waals surface area contributed by atoms with E-state index in [1.54, 1.807) is 6.07 Å². The molecule has 2 rings (SSSR count). The average Bonchev–Trinajstić information content (AvgIpc) is 2.50. The van der Waals surface area contributed by atoms with Gasteiger partial charge in [-0.15, -0.1) is 0 Å². The molecule has 0 unspecified atom stereocenters. The summed E-state index contributed by atoms with van der Waals surface area (Å²) in [6.45, 7) is 2.46. The van der Waals surface area contributed by atoms with Crippen LogP contribution in [-0.2, 0) is 27.8 Å². The van der Waals surface area contributed by atoms with Crippen molar-refractivity contribution in [3.63, 3.8) is 0 Å². The normalized spacial score (nSPS) is 14.7. The van der Waals surface area contributed by atoms with Gasteiger partial charge in [-0.3, -0.25) is 4.79 Å². The summed E-state index contributed by atoms with van der Waals surface area (Å²) in [5.41, 5.74) is 1.58. The van der Waals surface area contributed by atoms with Gasteiger partial charge in [-0.1, -0.05) is 6.07 Å². The maximum absolute atomic E-state index is 14.4. The minimum Gasteiger partial charge on any atom is -0.322 e. The van der Waals surface area contributed by atoms with Crippen LogP contribution < -0.4 is 10.6 Å². The van der Waals surface area contributed by atoms with E-state index in [0.717, 1.165) is 9.87 Å². The molecular formula is C14H20FN3O3S. The zero-order valence-corrected chi connectivity index (χ0v) is 13.5. The van der Waals surface area contributed by atoms with Crippen LogP contribution in [0.1, 0.15) is 18.1 Å². The van der Waals surface area contributed by atoms with Gasteiger partial charge >= 0.3 is 0 Å². The highest BCUT2D eigenvalue weighted by Crippen LogP contribution is 2.24. The van der Waals surface area contributed by atoms with Gasteiger partial charge in [0, 0.05) is 13.6 Å². The predicted octanol–water partition coefficient (Wildman–Crippen LogP) is 0.691. The molecular weight excluding hydrogens is 309 g/mol. The van der Waals surface area contributed by atoms with E-state index in [1.165, 1.54) is 20.0 Å². The molecule has 0 bridgehead atoms. The maximum Gasteiger partial charge on any atom is 0.239 e. The number of fused-ring (bicyclic) bond motifs is 1. The van der Waals surface area contributed by atoms with E-state index in [9.17, 15) is 17.6 Å². The topological polar surface area (TPSA) is 78.5 Å². The van der Waals surface area contributed by atoms with Crippen molar-refractivity contribution in [2.75, 3.05) is 31.2 Å². The van der Waals surface area contributed by atoms with Crippen LogP contribution in [0.15, 0.2) is 12.1 Å². The number of likely N-dealkylation sites (N-methyl/N-ethyl adjacent to an activating group) is 1. The van der Waals surface area contributed by atoms with Crippen LogP contribution in [-0.4, -0.2) is 44.5 Å². The smallest absolute Gasteiger partial charge is 0.239 e. The first-order valence-electron chi connectivity index (χ1n) is 7.10. The van der Waals surface area contributed by atoms with E-state index >= 15 is 0 Å². The summed E-state index contributed by atoms with van der Waals surface area (Å²) >= 11 is 0. The first-order valence-corrected chi connectivity index (χ1v) is 8.71.